The molecule has 0 saturated carbocycles. The zero-order valence-electron chi connectivity index (χ0n) is 7.33. The predicted octanol–water partition coefficient (Wildman–Crippen LogP) is 1.40. The molecule has 1 heterocycles. The summed E-state index contributed by atoms with van der Waals surface area (Å²) in [6.45, 7) is 6.03. The maximum Gasteiger partial charge on any atom is 0.129 e. The van der Waals surface area contributed by atoms with Crippen molar-refractivity contribution in [3.63, 3.8) is 0 Å². The molecule has 0 saturated heterocycles. The van der Waals surface area contributed by atoms with Gasteiger partial charge >= 0.3 is 0 Å². The van der Waals surface area contributed by atoms with E-state index in [0.717, 1.165) is 11.4 Å². The lowest BCUT2D eigenvalue weighted by molar-refractivity contribution is 0.281. The van der Waals surface area contributed by atoms with Crippen LogP contribution in [0.15, 0.2) is 31.1 Å². The van der Waals surface area contributed by atoms with Crippen molar-refractivity contribution in [1.29, 1.82) is 5.41 Å². The van der Waals surface area contributed by atoms with Crippen LogP contribution in [-0.4, -0.2) is 16.8 Å². The molecule has 0 aliphatic carbocycles. The first-order chi connectivity index (χ1) is 6.36. The van der Waals surface area contributed by atoms with E-state index in [1.165, 1.54) is 0 Å². The van der Waals surface area contributed by atoms with E-state index in [9.17, 15) is 0 Å². The third-order valence-corrected chi connectivity index (χ3v) is 1.26. The number of aliphatic hydroxyl groups excluding tert-OH is 1. The summed E-state index contributed by atoms with van der Waals surface area (Å²) in [5, 5.41) is 17.0. The summed E-state index contributed by atoms with van der Waals surface area (Å²) in [4.78, 5) is 4.00. The lowest BCUT2D eigenvalue weighted by Gasteiger charge is -1.99. The number of nitrogens with zero attached hydrogens (tertiary/aromatic N) is 1. The van der Waals surface area contributed by atoms with Gasteiger partial charge in [0.25, 0.3) is 0 Å². The van der Waals surface area contributed by atoms with Crippen LogP contribution in [0.3, 0.4) is 0 Å². The summed E-state index contributed by atoms with van der Waals surface area (Å²) < 4.78 is 0. The first kappa shape index (κ1) is 11.3. The molecule has 70 valence electrons. The summed E-state index contributed by atoms with van der Waals surface area (Å²) in [5.74, 6) is 0.734. The minimum atomic E-state index is 0.0291. The van der Waals surface area contributed by atoms with Crippen LogP contribution in [0.5, 0.6) is 0 Å². The molecule has 1 aromatic rings. The average Bonchev–Trinajstić information content (AvgIpc) is 2.23. The van der Waals surface area contributed by atoms with E-state index < -0.39 is 0 Å². The molecule has 3 N–H and O–H groups in total. The van der Waals surface area contributed by atoms with E-state index in [2.05, 4.69) is 23.6 Å². The van der Waals surface area contributed by atoms with Crippen LogP contribution < -0.4 is 5.32 Å². The number of aliphatic hydroxyl groups is 1. The second kappa shape index (κ2) is 7.00. The molecule has 0 amide bonds. The number of rotatable bonds is 3. The SMILES string of the molecule is C=CNc1ccc(CO)cn1.C=N. The molecular weight excluding hydrogens is 166 g/mol. The van der Waals surface area contributed by atoms with Gasteiger partial charge in [0, 0.05) is 6.20 Å². The molecular formula is C9H13N3O. The lowest BCUT2D eigenvalue weighted by atomic mass is 10.3. The highest BCUT2D eigenvalue weighted by molar-refractivity contribution is 5.37. The quantitative estimate of drug-likeness (QED) is 0.614. The van der Waals surface area contributed by atoms with Gasteiger partial charge in [0.15, 0.2) is 0 Å². The Bertz CT molecular complexity index is 246. The zero-order chi connectivity index (χ0) is 10.1. The Morgan fingerprint density at radius 2 is 2.23 bits per heavy atom. The second-order valence-corrected chi connectivity index (χ2v) is 2.06. The van der Waals surface area contributed by atoms with Gasteiger partial charge < -0.3 is 15.8 Å². The van der Waals surface area contributed by atoms with E-state index in [-0.39, 0.29) is 6.61 Å². The van der Waals surface area contributed by atoms with E-state index in [1.54, 1.807) is 24.5 Å². The number of nitrogens with one attached hydrogen (secondary N) is 2. The number of pyridine rings is 1. The first-order valence-corrected chi connectivity index (χ1v) is 3.65. The predicted molar refractivity (Wildman–Crippen MR) is 53.8 cm³/mol. The van der Waals surface area contributed by atoms with Gasteiger partial charge in [-0.1, -0.05) is 12.6 Å². The van der Waals surface area contributed by atoms with Gasteiger partial charge in [-0.15, -0.1) is 0 Å². The molecule has 0 radical (unpaired) electrons. The van der Waals surface area contributed by atoms with Crippen molar-refractivity contribution >= 4 is 12.5 Å². The number of hydrogen-bond donors (Lipinski definition) is 3. The summed E-state index contributed by atoms with van der Waals surface area (Å²) in [6.07, 6.45) is 3.17. The summed E-state index contributed by atoms with van der Waals surface area (Å²) >= 11 is 0. The van der Waals surface area contributed by atoms with E-state index in [1.807, 2.05) is 0 Å². The Kier molecular flexibility index (Phi) is 6.09. The van der Waals surface area contributed by atoms with Gasteiger partial charge in [-0.25, -0.2) is 4.98 Å². The minimum Gasteiger partial charge on any atom is -0.392 e. The Morgan fingerprint density at radius 1 is 1.54 bits per heavy atom. The van der Waals surface area contributed by atoms with Crippen molar-refractivity contribution in [2.75, 3.05) is 5.32 Å². The van der Waals surface area contributed by atoms with Crippen LogP contribution in [0.2, 0.25) is 0 Å². The third kappa shape index (κ3) is 4.03. The summed E-state index contributed by atoms with van der Waals surface area (Å²) in [6, 6.07) is 3.59. The average molecular weight is 179 g/mol. The molecule has 0 unspecified atom stereocenters. The van der Waals surface area contributed by atoms with Gasteiger partial charge in [0.2, 0.25) is 0 Å². The van der Waals surface area contributed by atoms with Gasteiger partial charge in [0.1, 0.15) is 5.82 Å². The molecule has 0 bridgehead atoms. The second-order valence-electron chi connectivity index (χ2n) is 2.06. The van der Waals surface area contributed by atoms with Gasteiger partial charge in [-0.2, -0.15) is 0 Å². The largest absolute Gasteiger partial charge is 0.392 e. The maximum atomic E-state index is 8.68. The summed E-state index contributed by atoms with van der Waals surface area (Å²) in [7, 11) is 0. The van der Waals surface area contributed by atoms with Crippen molar-refractivity contribution in [2.45, 2.75) is 6.61 Å². The molecule has 1 rings (SSSR count). The van der Waals surface area contributed by atoms with E-state index >= 15 is 0 Å². The molecule has 1 aromatic heterocycles. The normalized spacial score (nSPS) is 8.08. The Hall–Kier alpha value is -1.68. The molecule has 0 aliphatic heterocycles. The molecule has 0 aromatic carbocycles. The van der Waals surface area contributed by atoms with Gasteiger partial charge in [-0.05, 0) is 24.5 Å². The van der Waals surface area contributed by atoms with Gasteiger partial charge in [0.05, 0.1) is 6.61 Å². The van der Waals surface area contributed by atoms with Crippen LogP contribution in [0.1, 0.15) is 5.56 Å². The van der Waals surface area contributed by atoms with Crippen LogP contribution in [0.4, 0.5) is 5.82 Å². The monoisotopic (exact) mass is 179 g/mol. The Balaban J connectivity index is 0.000000671. The first-order valence-electron chi connectivity index (χ1n) is 3.65. The Labute approximate surface area is 77.5 Å². The minimum absolute atomic E-state index is 0.0291. The van der Waals surface area contributed by atoms with Crippen LogP contribution >= 0.6 is 0 Å². The lowest BCUT2D eigenvalue weighted by Crippen LogP contribution is -1.91. The zero-order valence-corrected chi connectivity index (χ0v) is 7.33. The molecule has 0 atom stereocenters. The van der Waals surface area contributed by atoms with E-state index in [0.29, 0.717) is 0 Å². The molecule has 4 nitrogen and oxygen atoms in total. The van der Waals surface area contributed by atoms with Crippen molar-refractivity contribution in [3.8, 4) is 0 Å². The highest BCUT2D eigenvalue weighted by Gasteiger charge is 1.90. The van der Waals surface area contributed by atoms with Crippen LogP contribution in [0.25, 0.3) is 0 Å². The van der Waals surface area contributed by atoms with E-state index in [4.69, 9.17) is 10.5 Å². The topological polar surface area (TPSA) is 69.0 Å². The van der Waals surface area contributed by atoms with Crippen LogP contribution in [-0.2, 0) is 6.61 Å². The third-order valence-electron chi connectivity index (χ3n) is 1.26. The van der Waals surface area contributed by atoms with Gasteiger partial charge in [-0.3, -0.25) is 0 Å². The molecule has 13 heavy (non-hydrogen) atoms. The number of anilines is 1. The number of hydrogen-bond acceptors (Lipinski definition) is 4. The van der Waals surface area contributed by atoms with Crippen molar-refractivity contribution in [3.05, 3.63) is 36.7 Å². The van der Waals surface area contributed by atoms with Crippen LogP contribution in [0, 0.1) is 5.41 Å². The standard InChI is InChI=1S/C8H10N2O.CH3N/c1-2-9-8-4-3-7(6-11)5-10-8;1-2/h2-5,11H,1,6H2,(H,9,10);2H,1H2. The molecule has 0 spiro atoms. The van der Waals surface area contributed by atoms with Crippen molar-refractivity contribution in [1.82, 2.24) is 4.98 Å². The highest BCUT2D eigenvalue weighted by atomic mass is 16.3. The smallest absolute Gasteiger partial charge is 0.129 e. The molecule has 4 heteroatoms. The molecule has 0 aliphatic rings. The highest BCUT2D eigenvalue weighted by Crippen LogP contribution is 2.03. The fourth-order valence-electron chi connectivity index (χ4n) is 0.708. The summed E-state index contributed by atoms with van der Waals surface area (Å²) in [5.41, 5.74) is 0.805. The van der Waals surface area contributed by atoms with Crippen molar-refractivity contribution < 1.29 is 5.11 Å². The fraction of sp³-hybridized carbons (Fsp3) is 0.111. The van der Waals surface area contributed by atoms with Crippen molar-refractivity contribution in [2.24, 2.45) is 0 Å². The fourth-order valence-corrected chi connectivity index (χ4v) is 0.708. The number of aromatic nitrogens is 1. The molecule has 0 fully saturated rings. The Morgan fingerprint density at radius 3 is 2.62 bits per heavy atom. The maximum absolute atomic E-state index is 8.68.